The van der Waals surface area contributed by atoms with Crippen LogP contribution < -0.4 is 10.4 Å². The van der Waals surface area contributed by atoms with Gasteiger partial charge in [-0.15, -0.1) is 0 Å². The summed E-state index contributed by atoms with van der Waals surface area (Å²) in [7, 11) is 0. The Kier molecular flexibility index (Phi) is 5.87. The van der Waals surface area contributed by atoms with Gasteiger partial charge in [-0.25, -0.2) is 0 Å². The van der Waals surface area contributed by atoms with Crippen molar-refractivity contribution in [3.8, 4) is 17.3 Å². The number of halogens is 1. The van der Waals surface area contributed by atoms with Gasteiger partial charge in [0.15, 0.2) is 0 Å². The third kappa shape index (κ3) is 4.45. The van der Waals surface area contributed by atoms with Crippen molar-refractivity contribution >= 4 is 33.5 Å². The average molecular weight is 438 g/mol. The maximum absolute atomic E-state index is 12.8. The zero-order valence-corrected chi connectivity index (χ0v) is 16.1. The first-order valence-electron chi connectivity index (χ1n) is 8.31. The quantitative estimate of drug-likeness (QED) is 0.636. The van der Waals surface area contributed by atoms with Crippen LogP contribution in [0.25, 0.3) is 11.3 Å². The normalized spacial score (nSPS) is 10.3. The smallest absolute Gasteiger partial charge is 0.259 e. The van der Waals surface area contributed by atoms with Crippen molar-refractivity contribution in [3.63, 3.8) is 0 Å². The number of nitrogens with zero attached hydrogens (tertiary/aromatic N) is 3. The van der Waals surface area contributed by atoms with Crippen molar-refractivity contribution in [2.45, 2.75) is 13.0 Å². The summed E-state index contributed by atoms with van der Waals surface area (Å²) in [6.45, 7) is 0.355. The number of amides is 1. The maximum Gasteiger partial charge on any atom is 0.259 e. The van der Waals surface area contributed by atoms with Crippen LogP contribution in [-0.2, 0) is 6.54 Å². The maximum atomic E-state index is 12.8. The van der Waals surface area contributed by atoms with Crippen LogP contribution in [0.2, 0.25) is 0 Å². The van der Waals surface area contributed by atoms with Gasteiger partial charge in [-0.1, -0.05) is 40.2 Å². The molecule has 0 fully saturated rings. The van der Waals surface area contributed by atoms with E-state index in [0.29, 0.717) is 23.5 Å². The van der Waals surface area contributed by atoms with E-state index < -0.39 is 11.9 Å². The third-order valence-corrected chi connectivity index (χ3v) is 4.46. The lowest BCUT2D eigenvalue weighted by Crippen LogP contribution is -2.22. The highest BCUT2D eigenvalue weighted by Gasteiger charge is 2.18. The topological polar surface area (TPSA) is 111 Å². The first kappa shape index (κ1) is 19.3. The number of carboxylic acids is 1. The minimum absolute atomic E-state index is 0.0318. The fraction of sp³-hybridized carbons (Fsp3) is 0.100. The molecule has 8 heteroatoms. The van der Waals surface area contributed by atoms with Gasteiger partial charge in [0.05, 0.1) is 30.6 Å². The number of nitrogens with one attached hydrogen (secondary N) is 1. The molecule has 0 bridgehead atoms. The Morgan fingerprint density at radius 1 is 1.21 bits per heavy atom. The van der Waals surface area contributed by atoms with E-state index in [-0.39, 0.29) is 12.0 Å². The summed E-state index contributed by atoms with van der Waals surface area (Å²) in [5.74, 6) is -1.76. The SMILES string of the molecule is N#CCCn1cc(C(=O)Nc2cccc(C(=O)[O-])c2)c(-c2ccc(Br)cc2)n1. The molecule has 3 rings (SSSR count). The lowest BCUT2D eigenvalue weighted by Gasteiger charge is -2.08. The molecular weight excluding hydrogens is 424 g/mol. The molecule has 28 heavy (non-hydrogen) atoms. The number of aryl methyl sites for hydroxylation is 1. The molecule has 0 aliphatic carbocycles. The second-order valence-corrected chi connectivity index (χ2v) is 6.81. The largest absolute Gasteiger partial charge is 0.545 e. The summed E-state index contributed by atoms with van der Waals surface area (Å²) >= 11 is 3.37. The third-order valence-electron chi connectivity index (χ3n) is 3.93. The summed E-state index contributed by atoms with van der Waals surface area (Å²) in [5, 5.41) is 26.9. The number of aromatic nitrogens is 2. The van der Waals surface area contributed by atoms with Crippen molar-refractivity contribution in [1.29, 1.82) is 5.26 Å². The molecule has 7 nitrogen and oxygen atoms in total. The molecular formula is C20H14BrN4O3-. The molecule has 0 saturated carbocycles. The lowest BCUT2D eigenvalue weighted by atomic mass is 10.1. The van der Waals surface area contributed by atoms with Gasteiger partial charge in [-0.2, -0.15) is 10.4 Å². The first-order chi connectivity index (χ1) is 13.5. The number of carbonyl (C=O) groups is 2. The standard InChI is InChI=1S/C20H15BrN4O3/c21-15-7-5-13(6-8-15)18-17(12-25(24-18)10-2-9-22)19(26)23-16-4-1-3-14(11-16)20(27)28/h1,3-8,11-12H,2,10H2,(H,23,26)(H,27,28)/p-1. The van der Waals surface area contributed by atoms with E-state index in [9.17, 15) is 14.7 Å². The van der Waals surface area contributed by atoms with E-state index in [4.69, 9.17) is 5.26 Å². The second-order valence-electron chi connectivity index (χ2n) is 5.89. The summed E-state index contributed by atoms with van der Waals surface area (Å²) in [6, 6.07) is 15.2. The second kappa shape index (κ2) is 8.50. The Hall–Kier alpha value is -3.44. The average Bonchev–Trinajstić information content (AvgIpc) is 3.11. The number of aromatic carboxylic acids is 1. The zero-order valence-electron chi connectivity index (χ0n) is 14.6. The Balaban J connectivity index is 1.94. The fourth-order valence-corrected chi connectivity index (χ4v) is 2.87. The molecule has 1 amide bonds. The van der Waals surface area contributed by atoms with E-state index in [1.54, 1.807) is 16.9 Å². The monoisotopic (exact) mass is 437 g/mol. The van der Waals surface area contributed by atoms with Crippen molar-refractivity contribution in [2.75, 3.05) is 5.32 Å². The van der Waals surface area contributed by atoms with Crippen molar-refractivity contribution in [3.05, 3.63) is 70.3 Å². The Morgan fingerprint density at radius 3 is 2.64 bits per heavy atom. The van der Waals surface area contributed by atoms with Gasteiger partial charge in [-0.3, -0.25) is 9.48 Å². The molecule has 0 aliphatic heterocycles. The molecule has 0 radical (unpaired) electrons. The Labute approximate surface area is 169 Å². The molecule has 0 unspecified atom stereocenters. The van der Waals surface area contributed by atoms with E-state index >= 15 is 0 Å². The van der Waals surface area contributed by atoms with Crippen LogP contribution in [0, 0.1) is 11.3 Å². The lowest BCUT2D eigenvalue weighted by molar-refractivity contribution is -0.255. The van der Waals surface area contributed by atoms with Crippen molar-refractivity contribution in [2.24, 2.45) is 0 Å². The summed E-state index contributed by atoms with van der Waals surface area (Å²) in [5.41, 5.74) is 1.83. The number of nitriles is 1. The number of carboxylic acid groups (broad SMARTS) is 1. The van der Waals surface area contributed by atoms with Crippen LogP contribution >= 0.6 is 15.9 Å². The van der Waals surface area contributed by atoms with Crippen molar-refractivity contribution < 1.29 is 14.7 Å². The van der Waals surface area contributed by atoms with Crippen LogP contribution in [0.1, 0.15) is 27.1 Å². The van der Waals surface area contributed by atoms with Crippen LogP contribution in [0.5, 0.6) is 0 Å². The highest BCUT2D eigenvalue weighted by molar-refractivity contribution is 9.10. The van der Waals surface area contributed by atoms with Crippen LogP contribution in [0.3, 0.4) is 0 Å². The van der Waals surface area contributed by atoms with Crippen LogP contribution in [-0.4, -0.2) is 21.7 Å². The summed E-state index contributed by atoms with van der Waals surface area (Å²) in [6.07, 6.45) is 1.84. The highest BCUT2D eigenvalue weighted by Crippen LogP contribution is 2.25. The molecule has 0 atom stereocenters. The molecule has 140 valence electrons. The Morgan fingerprint density at radius 2 is 1.96 bits per heavy atom. The predicted molar refractivity (Wildman–Crippen MR) is 104 cm³/mol. The van der Waals surface area contributed by atoms with E-state index in [1.165, 1.54) is 18.2 Å². The van der Waals surface area contributed by atoms with Crippen LogP contribution in [0.4, 0.5) is 5.69 Å². The van der Waals surface area contributed by atoms with E-state index in [0.717, 1.165) is 10.0 Å². The summed E-state index contributed by atoms with van der Waals surface area (Å²) in [4.78, 5) is 23.9. The van der Waals surface area contributed by atoms with Crippen molar-refractivity contribution in [1.82, 2.24) is 9.78 Å². The zero-order chi connectivity index (χ0) is 20.1. The van der Waals surface area contributed by atoms with Crippen LogP contribution in [0.15, 0.2) is 59.2 Å². The van der Waals surface area contributed by atoms with E-state index in [1.807, 2.05) is 30.3 Å². The first-order valence-corrected chi connectivity index (χ1v) is 9.10. The molecule has 1 N–H and O–H groups in total. The van der Waals surface area contributed by atoms with Gasteiger partial charge in [0, 0.05) is 21.9 Å². The molecule has 3 aromatic rings. The number of carbonyl (C=O) groups excluding carboxylic acids is 2. The number of hydrogen-bond acceptors (Lipinski definition) is 5. The number of anilines is 1. The van der Waals surface area contributed by atoms with Gasteiger partial charge < -0.3 is 15.2 Å². The number of rotatable bonds is 6. The minimum atomic E-state index is -1.32. The summed E-state index contributed by atoms with van der Waals surface area (Å²) < 4.78 is 2.44. The molecule has 1 aromatic heterocycles. The van der Waals surface area contributed by atoms with Gasteiger partial charge in [0.1, 0.15) is 5.69 Å². The molecule has 0 spiro atoms. The fourth-order valence-electron chi connectivity index (χ4n) is 2.61. The molecule has 0 aliphatic rings. The molecule has 2 aromatic carbocycles. The number of benzene rings is 2. The van der Waals surface area contributed by atoms with Gasteiger partial charge in [-0.05, 0) is 29.8 Å². The van der Waals surface area contributed by atoms with Gasteiger partial charge in [0.2, 0.25) is 0 Å². The number of hydrogen-bond donors (Lipinski definition) is 1. The minimum Gasteiger partial charge on any atom is -0.545 e. The van der Waals surface area contributed by atoms with E-state index in [2.05, 4.69) is 26.3 Å². The highest BCUT2D eigenvalue weighted by atomic mass is 79.9. The molecule has 1 heterocycles. The molecule has 0 saturated heterocycles. The van der Waals surface area contributed by atoms with Gasteiger partial charge in [0.25, 0.3) is 5.91 Å². The van der Waals surface area contributed by atoms with Gasteiger partial charge >= 0.3 is 0 Å². The Bertz CT molecular complexity index is 1070. The predicted octanol–water partition coefficient (Wildman–Crippen LogP) is 2.84.